The van der Waals surface area contributed by atoms with Crippen LogP contribution in [0, 0.1) is 6.92 Å². The van der Waals surface area contributed by atoms with Gasteiger partial charge in [0.05, 0.1) is 6.61 Å². The summed E-state index contributed by atoms with van der Waals surface area (Å²) < 4.78 is 16.1. The fourth-order valence-electron chi connectivity index (χ4n) is 2.57. The van der Waals surface area contributed by atoms with Crippen LogP contribution in [0.1, 0.15) is 28.5 Å². The van der Waals surface area contributed by atoms with Gasteiger partial charge in [-0.1, -0.05) is 23.4 Å². The second kappa shape index (κ2) is 9.55. The van der Waals surface area contributed by atoms with E-state index in [0.29, 0.717) is 36.2 Å². The van der Waals surface area contributed by atoms with Crippen molar-refractivity contribution in [3.05, 3.63) is 71.9 Å². The molecule has 1 aromatic heterocycles. The van der Waals surface area contributed by atoms with Crippen LogP contribution in [-0.2, 0) is 6.61 Å². The normalized spacial score (nSPS) is 10.5. The molecule has 28 heavy (non-hydrogen) atoms. The molecule has 0 aliphatic heterocycles. The summed E-state index contributed by atoms with van der Waals surface area (Å²) in [5, 5.41) is 3.77. The van der Waals surface area contributed by atoms with Crippen molar-refractivity contribution in [2.45, 2.75) is 20.0 Å². The fourth-order valence-corrected chi connectivity index (χ4v) is 2.57. The molecule has 0 spiro atoms. The first-order chi connectivity index (χ1) is 13.6. The molecular weight excluding hydrogens is 358 g/mol. The highest BCUT2D eigenvalue weighted by Crippen LogP contribution is 2.15. The monoisotopic (exact) mass is 381 g/mol. The number of rotatable bonds is 9. The molecule has 3 aromatic rings. The first-order valence-electron chi connectivity index (χ1n) is 9.07. The van der Waals surface area contributed by atoms with Gasteiger partial charge in [0.1, 0.15) is 11.5 Å². The highest BCUT2D eigenvalue weighted by Gasteiger charge is 2.12. The Labute approximate surface area is 163 Å². The molecule has 0 aliphatic rings. The van der Waals surface area contributed by atoms with Gasteiger partial charge in [-0.15, -0.1) is 0 Å². The molecule has 0 atom stereocenters. The molecule has 0 bridgehead atoms. The number of hydrogen-bond donors (Lipinski definition) is 0. The number of aromatic nitrogens is 2. The van der Waals surface area contributed by atoms with E-state index in [2.05, 4.69) is 10.1 Å². The number of ether oxygens (including phenoxy) is 2. The topological polar surface area (TPSA) is 77.7 Å². The molecule has 0 unspecified atom stereocenters. The third-order valence-corrected chi connectivity index (χ3v) is 4.04. The SMILES string of the molecule is Cc1nc(COc2ccc(C(=O)N(C)CCCOc3ccccc3)cc2)no1. The summed E-state index contributed by atoms with van der Waals surface area (Å²) in [4.78, 5) is 18.3. The van der Waals surface area contributed by atoms with Crippen LogP contribution in [0.3, 0.4) is 0 Å². The lowest BCUT2D eigenvalue weighted by atomic mass is 10.2. The predicted octanol–water partition coefficient (Wildman–Crippen LogP) is 3.50. The minimum atomic E-state index is -0.0416. The Balaban J connectivity index is 1.42. The van der Waals surface area contributed by atoms with Crippen molar-refractivity contribution in [2.24, 2.45) is 0 Å². The van der Waals surface area contributed by atoms with Crippen LogP contribution in [0.4, 0.5) is 0 Å². The van der Waals surface area contributed by atoms with Crippen molar-refractivity contribution in [3.63, 3.8) is 0 Å². The van der Waals surface area contributed by atoms with E-state index in [1.807, 2.05) is 30.3 Å². The highest BCUT2D eigenvalue weighted by atomic mass is 16.5. The van der Waals surface area contributed by atoms with Crippen molar-refractivity contribution >= 4 is 5.91 Å². The summed E-state index contributed by atoms with van der Waals surface area (Å²) in [6.07, 6.45) is 0.752. The number of benzene rings is 2. The van der Waals surface area contributed by atoms with Crippen LogP contribution in [0.25, 0.3) is 0 Å². The van der Waals surface area contributed by atoms with Gasteiger partial charge in [-0.05, 0) is 42.8 Å². The van der Waals surface area contributed by atoms with E-state index in [9.17, 15) is 4.79 Å². The predicted molar refractivity (Wildman–Crippen MR) is 103 cm³/mol. The summed E-state index contributed by atoms with van der Waals surface area (Å²) in [6.45, 7) is 3.11. The van der Waals surface area contributed by atoms with Gasteiger partial charge < -0.3 is 18.9 Å². The number of aryl methyl sites for hydroxylation is 1. The second-order valence-electron chi connectivity index (χ2n) is 6.28. The Bertz CT molecular complexity index is 878. The van der Waals surface area contributed by atoms with Gasteiger partial charge in [0.2, 0.25) is 11.7 Å². The van der Waals surface area contributed by atoms with Gasteiger partial charge in [0, 0.05) is 26.1 Å². The van der Waals surface area contributed by atoms with Crippen LogP contribution in [0.2, 0.25) is 0 Å². The van der Waals surface area contributed by atoms with Gasteiger partial charge in [-0.25, -0.2) is 0 Å². The maximum absolute atomic E-state index is 12.5. The first-order valence-corrected chi connectivity index (χ1v) is 9.07. The summed E-state index contributed by atoms with van der Waals surface area (Å²) >= 11 is 0. The van der Waals surface area contributed by atoms with Crippen LogP contribution >= 0.6 is 0 Å². The van der Waals surface area contributed by atoms with E-state index >= 15 is 0 Å². The van der Waals surface area contributed by atoms with E-state index in [0.717, 1.165) is 12.2 Å². The molecular formula is C21H23N3O4. The minimum Gasteiger partial charge on any atom is -0.494 e. The van der Waals surface area contributed by atoms with Gasteiger partial charge in [-0.3, -0.25) is 4.79 Å². The number of amides is 1. The molecule has 146 valence electrons. The van der Waals surface area contributed by atoms with Gasteiger partial charge in [-0.2, -0.15) is 4.98 Å². The van der Waals surface area contributed by atoms with Crippen molar-refractivity contribution in [1.29, 1.82) is 0 Å². The number of nitrogens with zero attached hydrogens (tertiary/aromatic N) is 3. The van der Waals surface area contributed by atoms with E-state index in [1.54, 1.807) is 43.1 Å². The Morgan fingerprint density at radius 1 is 1.04 bits per heavy atom. The summed E-state index contributed by atoms with van der Waals surface area (Å²) in [5.41, 5.74) is 0.606. The average Bonchev–Trinajstić information content (AvgIpc) is 3.15. The quantitative estimate of drug-likeness (QED) is 0.528. The van der Waals surface area contributed by atoms with Crippen molar-refractivity contribution < 1.29 is 18.8 Å². The first kappa shape index (κ1) is 19.4. The molecule has 0 aliphatic carbocycles. The van der Waals surface area contributed by atoms with Crippen LogP contribution in [0.5, 0.6) is 11.5 Å². The summed E-state index contributed by atoms with van der Waals surface area (Å²) in [5.74, 6) is 2.41. The Morgan fingerprint density at radius 2 is 1.75 bits per heavy atom. The van der Waals surface area contributed by atoms with Crippen LogP contribution in [-0.4, -0.2) is 41.1 Å². The van der Waals surface area contributed by atoms with E-state index in [4.69, 9.17) is 14.0 Å². The molecule has 0 saturated heterocycles. The molecule has 7 heteroatoms. The summed E-state index contributed by atoms with van der Waals surface area (Å²) in [6, 6.07) is 16.6. The second-order valence-corrected chi connectivity index (χ2v) is 6.28. The number of para-hydroxylation sites is 1. The lowest BCUT2D eigenvalue weighted by molar-refractivity contribution is 0.0788. The zero-order valence-corrected chi connectivity index (χ0v) is 16.0. The lowest BCUT2D eigenvalue weighted by Crippen LogP contribution is -2.28. The number of hydrogen-bond acceptors (Lipinski definition) is 6. The van der Waals surface area contributed by atoms with E-state index in [-0.39, 0.29) is 12.5 Å². The smallest absolute Gasteiger partial charge is 0.253 e. The molecule has 0 saturated carbocycles. The van der Waals surface area contributed by atoms with Crippen LogP contribution in [0.15, 0.2) is 59.1 Å². The summed E-state index contributed by atoms with van der Waals surface area (Å²) in [7, 11) is 1.79. The highest BCUT2D eigenvalue weighted by molar-refractivity contribution is 5.94. The molecule has 1 amide bonds. The van der Waals surface area contributed by atoms with Gasteiger partial charge in [0.15, 0.2) is 6.61 Å². The van der Waals surface area contributed by atoms with E-state index < -0.39 is 0 Å². The Hall–Kier alpha value is -3.35. The van der Waals surface area contributed by atoms with Crippen LogP contribution < -0.4 is 9.47 Å². The maximum atomic E-state index is 12.5. The Kier molecular flexibility index (Phi) is 6.62. The van der Waals surface area contributed by atoms with Gasteiger partial charge in [0.25, 0.3) is 5.91 Å². The zero-order valence-electron chi connectivity index (χ0n) is 16.0. The van der Waals surface area contributed by atoms with Crippen molar-refractivity contribution in [2.75, 3.05) is 20.2 Å². The number of carbonyl (C=O) groups excluding carboxylic acids is 1. The van der Waals surface area contributed by atoms with Crippen molar-refractivity contribution in [3.8, 4) is 11.5 Å². The molecule has 3 rings (SSSR count). The van der Waals surface area contributed by atoms with Crippen molar-refractivity contribution in [1.82, 2.24) is 15.0 Å². The molecule has 1 heterocycles. The molecule has 0 radical (unpaired) electrons. The fraction of sp³-hybridized carbons (Fsp3) is 0.286. The molecule has 0 fully saturated rings. The number of carbonyl (C=O) groups is 1. The minimum absolute atomic E-state index is 0.0416. The molecule has 0 N–H and O–H groups in total. The average molecular weight is 381 g/mol. The third-order valence-electron chi connectivity index (χ3n) is 4.04. The largest absolute Gasteiger partial charge is 0.494 e. The lowest BCUT2D eigenvalue weighted by Gasteiger charge is -2.17. The Morgan fingerprint density at radius 3 is 2.43 bits per heavy atom. The van der Waals surface area contributed by atoms with E-state index in [1.165, 1.54) is 0 Å². The maximum Gasteiger partial charge on any atom is 0.253 e. The van der Waals surface area contributed by atoms with Gasteiger partial charge >= 0.3 is 0 Å². The molecule has 2 aromatic carbocycles. The zero-order chi connectivity index (χ0) is 19.8. The standard InChI is InChI=1S/C21H23N3O4/c1-16-22-20(23-28-16)15-27-19-11-9-17(10-12-19)21(25)24(2)13-6-14-26-18-7-4-3-5-8-18/h3-5,7-12H,6,13-15H2,1-2H3. The third kappa shape index (κ3) is 5.57. The molecule has 7 nitrogen and oxygen atoms in total.